The molecule has 126 valence electrons. The van der Waals surface area contributed by atoms with Crippen LogP contribution in [0.1, 0.15) is 67.2 Å². The minimum absolute atomic E-state index is 0.0949. The number of carbonyl (C=O) groups is 2. The number of ketones is 2. The number of allylic oxidation sites excluding steroid dienone is 4. The third-order valence-corrected chi connectivity index (χ3v) is 5.69. The second-order valence-electron chi connectivity index (χ2n) is 7.87. The summed E-state index contributed by atoms with van der Waals surface area (Å²) in [6.45, 7) is 6.82. The number of hydrogen-bond donors (Lipinski definition) is 0. The fourth-order valence-corrected chi connectivity index (χ4v) is 3.87. The summed E-state index contributed by atoms with van der Waals surface area (Å²) in [5.74, 6) is 0.329. The zero-order chi connectivity index (χ0) is 17.5. The van der Waals surface area contributed by atoms with Gasteiger partial charge in [0.05, 0.1) is 5.03 Å². The third-order valence-electron chi connectivity index (χ3n) is 5.29. The van der Waals surface area contributed by atoms with Gasteiger partial charge in [0.1, 0.15) is 0 Å². The van der Waals surface area contributed by atoms with Crippen LogP contribution in [0.25, 0.3) is 0 Å². The Balaban J connectivity index is 1.84. The first-order chi connectivity index (χ1) is 11.3. The van der Waals surface area contributed by atoms with Gasteiger partial charge in [-0.3, -0.25) is 9.59 Å². The second kappa shape index (κ2) is 6.33. The van der Waals surface area contributed by atoms with Crippen LogP contribution < -0.4 is 0 Å². The van der Waals surface area contributed by atoms with Crippen LogP contribution >= 0.6 is 11.6 Å². The molecule has 0 radical (unpaired) electrons. The lowest BCUT2D eigenvalue weighted by molar-refractivity contribution is 0.0978. The van der Waals surface area contributed by atoms with E-state index < -0.39 is 0 Å². The Morgan fingerprint density at radius 2 is 1.71 bits per heavy atom. The lowest BCUT2D eigenvalue weighted by Gasteiger charge is -2.33. The van der Waals surface area contributed by atoms with Gasteiger partial charge in [0.15, 0.2) is 5.78 Å². The molecule has 1 aromatic rings. The average Bonchev–Trinajstić information content (AvgIpc) is 2.56. The van der Waals surface area contributed by atoms with Crippen molar-refractivity contribution in [3.63, 3.8) is 0 Å². The fourth-order valence-electron chi connectivity index (χ4n) is 3.62. The lowest BCUT2D eigenvalue weighted by Crippen LogP contribution is -2.23. The van der Waals surface area contributed by atoms with Crippen LogP contribution in [-0.2, 0) is 0 Å². The molecule has 24 heavy (non-hydrogen) atoms. The van der Waals surface area contributed by atoms with E-state index in [1.165, 1.54) is 5.57 Å². The molecule has 0 saturated heterocycles. The molecule has 2 aliphatic carbocycles. The van der Waals surface area contributed by atoms with E-state index in [9.17, 15) is 9.59 Å². The molecule has 1 unspecified atom stereocenters. The van der Waals surface area contributed by atoms with Gasteiger partial charge in [-0.2, -0.15) is 0 Å². The molecule has 0 aromatic heterocycles. The van der Waals surface area contributed by atoms with Crippen LogP contribution in [0, 0.1) is 11.3 Å². The van der Waals surface area contributed by atoms with Crippen LogP contribution in [0.4, 0.5) is 0 Å². The minimum Gasteiger partial charge on any atom is -0.289 e. The molecule has 0 saturated carbocycles. The Hall–Kier alpha value is -1.67. The van der Waals surface area contributed by atoms with E-state index in [1.54, 1.807) is 24.3 Å². The zero-order valence-corrected chi connectivity index (χ0v) is 15.2. The smallest absolute Gasteiger partial charge is 0.205 e. The van der Waals surface area contributed by atoms with Crippen LogP contribution in [0.15, 0.2) is 46.5 Å². The van der Waals surface area contributed by atoms with Gasteiger partial charge >= 0.3 is 0 Å². The third kappa shape index (κ3) is 3.12. The highest BCUT2D eigenvalue weighted by atomic mass is 35.5. The first-order valence-electron chi connectivity index (χ1n) is 8.54. The van der Waals surface area contributed by atoms with Crippen molar-refractivity contribution in [1.29, 1.82) is 0 Å². The molecule has 0 N–H and O–H groups in total. The number of benzene rings is 1. The van der Waals surface area contributed by atoms with Crippen LogP contribution in [-0.4, -0.2) is 11.6 Å². The van der Waals surface area contributed by atoms with Crippen molar-refractivity contribution in [3.05, 3.63) is 57.6 Å². The highest BCUT2D eigenvalue weighted by Gasteiger charge is 2.32. The Morgan fingerprint density at radius 1 is 1.08 bits per heavy atom. The lowest BCUT2D eigenvalue weighted by atomic mass is 9.72. The van der Waals surface area contributed by atoms with Gasteiger partial charge in [0.25, 0.3) is 0 Å². The van der Waals surface area contributed by atoms with E-state index in [-0.39, 0.29) is 16.6 Å². The number of carbonyl (C=O) groups excluding carboxylic acids is 2. The molecule has 0 spiro atoms. The first-order valence-corrected chi connectivity index (χ1v) is 8.92. The van der Waals surface area contributed by atoms with Crippen molar-refractivity contribution in [2.24, 2.45) is 11.3 Å². The van der Waals surface area contributed by atoms with Gasteiger partial charge in [-0.1, -0.05) is 68.3 Å². The predicted octanol–water partition coefficient (Wildman–Crippen LogP) is 5.72. The normalized spacial score (nSPS) is 21.7. The Morgan fingerprint density at radius 3 is 2.25 bits per heavy atom. The fraction of sp³-hybridized carbons (Fsp3) is 0.429. The summed E-state index contributed by atoms with van der Waals surface area (Å²) in [7, 11) is 0. The maximum Gasteiger partial charge on any atom is 0.205 e. The van der Waals surface area contributed by atoms with E-state index >= 15 is 0 Å². The summed E-state index contributed by atoms with van der Waals surface area (Å²) in [5, 5.41) is 0.0949. The summed E-state index contributed by atoms with van der Waals surface area (Å²) < 4.78 is 0. The number of Topliss-reactive ketones (excluding diaryl/α,β-unsaturated/α-hetero) is 2. The van der Waals surface area contributed by atoms with E-state index in [1.807, 2.05) is 0 Å². The highest BCUT2D eigenvalue weighted by molar-refractivity contribution is 6.50. The number of rotatable bonds is 2. The molecule has 0 aliphatic heterocycles. The SMILES string of the molecule is CC(C)(C)C1CC=C(CC2=C(Cl)C(=O)c3ccccc3C2=O)CC1. The van der Waals surface area contributed by atoms with Crippen LogP contribution in [0.3, 0.4) is 0 Å². The Labute approximate surface area is 148 Å². The van der Waals surface area contributed by atoms with E-state index in [2.05, 4.69) is 26.8 Å². The number of fused-ring (bicyclic) bond motifs is 1. The molecule has 3 heteroatoms. The van der Waals surface area contributed by atoms with Crippen molar-refractivity contribution in [3.8, 4) is 0 Å². The monoisotopic (exact) mass is 342 g/mol. The zero-order valence-electron chi connectivity index (χ0n) is 14.5. The summed E-state index contributed by atoms with van der Waals surface area (Å²) >= 11 is 6.26. The van der Waals surface area contributed by atoms with E-state index in [0.29, 0.717) is 34.5 Å². The van der Waals surface area contributed by atoms with Crippen molar-refractivity contribution in [2.75, 3.05) is 0 Å². The van der Waals surface area contributed by atoms with E-state index in [4.69, 9.17) is 11.6 Å². The summed E-state index contributed by atoms with van der Waals surface area (Å²) in [6, 6.07) is 6.93. The molecule has 1 aromatic carbocycles. The van der Waals surface area contributed by atoms with E-state index in [0.717, 1.165) is 19.3 Å². The minimum atomic E-state index is -0.231. The van der Waals surface area contributed by atoms with Gasteiger partial charge in [-0.15, -0.1) is 0 Å². The molecule has 2 nitrogen and oxygen atoms in total. The maximum absolute atomic E-state index is 12.7. The molecule has 2 aliphatic rings. The van der Waals surface area contributed by atoms with Crippen molar-refractivity contribution in [1.82, 2.24) is 0 Å². The van der Waals surface area contributed by atoms with Crippen LogP contribution in [0.2, 0.25) is 0 Å². The van der Waals surface area contributed by atoms with Crippen molar-refractivity contribution in [2.45, 2.75) is 46.5 Å². The average molecular weight is 343 g/mol. The molecule has 1 atom stereocenters. The number of hydrogen-bond acceptors (Lipinski definition) is 2. The van der Waals surface area contributed by atoms with Crippen LogP contribution in [0.5, 0.6) is 0 Å². The standard InChI is InChI=1S/C21H23ClO2/c1-21(2,3)14-10-8-13(9-11-14)12-17-18(22)20(24)16-7-5-4-6-15(16)19(17)23/h4-8,14H,9-12H2,1-3H3. The summed E-state index contributed by atoms with van der Waals surface area (Å²) in [4.78, 5) is 25.2. The van der Waals surface area contributed by atoms with Crippen molar-refractivity contribution >= 4 is 23.2 Å². The van der Waals surface area contributed by atoms with Gasteiger partial charge in [0.2, 0.25) is 5.78 Å². The van der Waals surface area contributed by atoms with Gasteiger partial charge in [0, 0.05) is 16.7 Å². The quantitative estimate of drug-likeness (QED) is 0.644. The first kappa shape index (κ1) is 17.2. The number of halogens is 1. The molecular weight excluding hydrogens is 320 g/mol. The predicted molar refractivity (Wildman–Crippen MR) is 97.5 cm³/mol. The Kier molecular flexibility index (Phi) is 4.52. The largest absolute Gasteiger partial charge is 0.289 e. The highest BCUT2D eigenvalue weighted by Crippen LogP contribution is 2.40. The molecule has 0 heterocycles. The summed E-state index contributed by atoms with van der Waals surface area (Å²) in [5.41, 5.74) is 2.88. The van der Waals surface area contributed by atoms with Gasteiger partial charge in [-0.25, -0.2) is 0 Å². The molecule has 0 amide bonds. The second-order valence-corrected chi connectivity index (χ2v) is 8.25. The molecule has 0 bridgehead atoms. The maximum atomic E-state index is 12.7. The molecule has 3 rings (SSSR count). The molecule has 0 fully saturated rings. The summed E-state index contributed by atoms with van der Waals surface area (Å²) in [6.07, 6.45) is 5.86. The van der Waals surface area contributed by atoms with Gasteiger partial charge < -0.3 is 0 Å². The van der Waals surface area contributed by atoms with Gasteiger partial charge in [-0.05, 0) is 37.0 Å². The Bertz CT molecular complexity index is 762. The van der Waals surface area contributed by atoms with Crippen molar-refractivity contribution < 1.29 is 9.59 Å². The molecular formula is C21H23ClO2. The topological polar surface area (TPSA) is 34.1 Å².